The SMILES string of the molecule is CC.CC(C)C1=NNC2C(C=O)=CC=CC12.CC(C)c1csc(C=O)n1. The Bertz CT molecular complexity index is 687. The molecule has 6 heteroatoms. The van der Waals surface area contributed by atoms with E-state index in [0.717, 1.165) is 29.6 Å². The van der Waals surface area contributed by atoms with Crippen LogP contribution in [-0.4, -0.2) is 29.3 Å². The Labute approximate surface area is 160 Å². The second kappa shape index (κ2) is 10.8. The monoisotopic (exact) mass is 375 g/mol. The van der Waals surface area contributed by atoms with Crippen molar-refractivity contribution in [1.29, 1.82) is 0 Å². The molecule has 0 fully saturated rings. The lowest BCUT2D eigenvalue weighted by molar-refractivity contribution is -0.105. The van der Waals surface area contributed by atoms with Gasteiger partial charge in [-0.3, -0.25) is 9.59 Å². The van der Waals surface area contributed by atoms with Crippen molar-refractivity contribution in [2.75, 3.05) is 0 Å². The molecule has 0 saturated carbocycles. The number of carbonyl (C=O) groups is 2. The molecule has 2 aliphatic rings. The first-order chi connectivity index (χ1) is 12.5. The molecule has 1 aromatic rings. The van der Waals surface area contributed by atoms with Crippen molar-refractivity contribution in [2.24, 2.45) is 16.9 Å². The highest BCUT2D eigenvalue weighted by atomic mass is 32.1. The lowest BCUT2D eigenvalue weighted by Crippen LogP contribution is -2.33. The van der Waals surface area contributed by atoms with E-state index in [1.165, 1.54) is 11.3 Å². The molecule has 142 valence electrons. The fourth-order valence-corrected chi connectivity index (χ4v) is 3.38. The molecule has 0 amide bonds. The van der Waals surface area contributed by atoms with Gasteiger partial charge in [-0.25, -0.2) is 4.98 Å². The summed E-state index contributed by atoms with van der Waals surface area (Å²) in [6.45, 7) is 12.4. The van der Waals surface area contributed by atoms with E-state index in [-0.39, 0.29) is 12.0 Å². The van der Waals surface area contributed by atoms with Gasteiger partial charge >= 0.3 is 0 Å². The summed E-state index contributed by atoms with van der Waals surface area (Å²) in [5, 5.41) is 6.79. The Morgan fingerprint density at radius 1 is 1.12 bits per heavy atom. The predicted molar refractivity (Wildman–Crippen MR) is 109 cm³/mol. The number of nitrogens with zero attached hydrogens (tertiary/aromatic N) is 2. The van der Waals surface area contributed by atoms with E-state index in [2.05, 4.69) is 49.3 Å². The largest absolute Gasteiger partial charge is 0.301 e. The summed E-state index contributed by atoms with van der Waals surface area (Å²) in [6, 6.07) is 0.0647. The minimum Gasteiger partial charge on any atom is -0.301 e. The van der Waals surface area contributed by atoms with Gasteiger partial charge in [-0.15, -0.1) is 11.3 Å². The van der Waals surface area contributed by atoms with Crippen LogP contribution in [0, 0.1) is 11.8 Å². The van der Waals surface area contributed by atoms with E-state index < -0.39 is 0 Å². The van der Waals surface area contributed by atoms with Crippen LogP contribution < -0.4 is 5.43 Å². The summed E-state index contributed by atoms with van der Waals surface area (Å²) in [5.74, 6) is 1.11. The summed E-state index contributed by atoms with van der Waals surface area (Å²) < 4.78 is 0. The van der Waals surface area contributed by atoms with Crippen molar-refractivity contribution in [3.8, 4) is 0 Å². The van der Waals surface area contributed by atoms with E-state index >= 15 is 0 Å². The molecule has 1 aromatic heterocycles. The van der Waals surface area contributed by atoms with Gasteiger partial charge in [0.15, 0.2) is 11.3 Å². The minimum absolute atomic E-state index is 0.0647. The van der Waals surface area contributed by atoms with Crippen molar-refractivity contribution in [1.82, 2.24) is 10.4 Å². The highest BCUT2D eigenvalue weighted by Crippen LogP contribution is 2.26. The van der Waals surface area contributed by atoms with Crippen LogP contribution in [0.1, 0.15) is 63.0 Å². The van der Waals surface area contributed by atoms with Crippen molar-refractivity contribution in [2.45, 2.75) is 53.5 Å². The summed E-state index contributed by atoms with van der Waals surface area (Å²) in [7, 11) is 0. The van der Waals surface area contributed by atoms with Gasteiger partial charge in [0.2, 0.25) is 0 Å². The summed E-state index contributed by atoms with van der Waals surface area (Å²) in [5.41, 5.74) is 5.96. The fraction of sp³-hybridized carbons (Fsp3) is 0.500. The average molecular weight is 376 g/mol. The van der Waals surface area contributed by atoms with E-state index in [9.17, 15) is 9.59 Å². The zero-order valence-electron chi connectivity index (χ0n) is 16.4. The first-order valence-electron chi connectivity index (χ1n) is 9.05. The number of thiazole rings is 1. The molecule has 0 spiro atoms. The summed E-state index contributed by atoms with van der Waals surface area (Å²) in [6.07, 6.45) is 7.59. The number of hydrogen-bond donors (Lipinski definition) is 1. The summed E-state index contributed by atoms with van der Waals surface area (Å²) >= 11 is 1.40. The molecular weight excluding hydrogens is 346 g/mol. The first kappa shape index (κ1) is 22.0. The third-order valence-corrected chi connectivity index (χ3v) is 4.75. The maximum Gasteiger partial charge on any atom is 0.178 e. The molecule has 2 heterocycles. The maximum absolute atomic E-state index is 10.8. The second-order valence-corrected chi connectivity index (χ2v) is 7.27. The first-order valence-corrected chi connectivity index (χ1v) is 9.93. The van der Waals surface area contributed by atoms with Crippen LogP contribution in [-0.2, 0) is 4.79 Å². The third-order valence-electron chi connectivity index (χ3n) is 3.96. The smallest absolute Gasteiger partial charge is 0.178 e. The van der Waals surface area contributed by atoms with Crippen LogP contribution in [0.2, 0.25) is 0 Å². The molecule has 0 saturated heterocycles. The number of carbonyl (C=O) groups excluding carboxylic acids is 2. The quantitative estimate of drug-likeness (QED) is 0.793. The lowest BCUT2D eigenvalue weighted by atomic mass is 9.83. The zero-order chi connectivity index (χ0) is 19.7. The Balaban J connectivity index is 0.000000249. The maximum atomic E-state index is 10.8. The number of aromatic nitrogens is 1. The molecule has 2 atom stereocenters. The number of rotatable bonds is 4. The van der Waals surface area contributed by atoms with Gasteiger partial charge in [-0.2, -0.15) is 5.10 Å². The topological polar surface area (TPSA) is 71.4 Å². The molecule has 0 aromatic carbocycles. The third kappa shape index (κ3) is 5.46. The summed E-state index contributed by atoms with van der Waals surface area (Å²) in [4.78, 5) is 25.1. The number of nitrogens with one attached hydrogen (secondary N) is 1. The van der Waals surface area contributed by atoms with Gasteiger partial charge in [0.25, 0.3) is 0 Å². The minimum atomic E-state index is 0.0647. The molecule has 1 N–H and O–H groups in total. The van der Waals surface area contributed by atoms with Crippen LogP contribution in [0.25, 0.3) is 0 Å². The number of hydrazone groups is 1. The number of aldehydes is 2. The average Bonchev–Trinajstić information content (AvgIpc) is 3.30. The normalized spacial score (nSPS) is 20.0. The molecule has 0 bridgehead atoms. The molecule has 26 heavy (non-hydrogen) atoms. The van der Waals surface area contributed by atoms with Crippen molar-refractivity contribution in [3.05, 3.63) is 39.9 Å². The Morgan fingerprint density at radius 3 is 2.27 bits per heavy atom. The standard InChI is InChI=1S/C11H14N2O.C7H9NOS.C2H6/c1-7(2)10-9-5-3-4-8(6-14)11(9)13-12-10;1-5(2)6-4-10-7(3-9)8-6;1-2/h3-7,9,11,13H,1-2H3;3-5H,1-2H3;1-2H3. The molecule has 1 aliphatic carbocycles. The van der Waals surface area contributed by atoms with Crippen molar-refractivity contribution < 1.29 is 9.59 Å². The number of hydrogen-bond acceptors (Lipinski definition) is 6. The highest BCUT2D eigenvalue weighted by Gasteiger charge is 2.34. The van der Waals surface area contributed by atoms with Gasteiger partial charge in [0.1, 0.15) is 6.29 Å². The molecular formula is C20H29N3O2S. The number of fused-ring (bicyclic) bond motifs is 1. The van der Waals surface area contributed by atoms with Crippen LogP contribution in [0.4, 0.5) is 0 Å². The van der Waals surface area contributed by atoms with E-state index in [4.69, 9.17) is 0 Å². The van der Waals surface area contributed by atoms with Gasteiger partial charge in [0, 0.05) is 22.6 Å². The van der Waals surface area contributed by atoms with Gasteiger partial charge < -0.3 is 5.43 Å². The molecule has 1 aliphatic heterocycles. The van der Waals surface area contributed by atoms with E-state index in [1.54, 1.807) is 0 Å². The molecule has 3 rings (SSSR count). The van der Waals surface area contributed by atoms with Crippen LogP contribution in [0.15, 0.2) is 34.3 Å². The van der Waals surface area contributed by atoms with Crippen LogP contribution in [0.3, 0.4) is 0 Å². The Kier molecular flexibility index (Phi) is 9.13. The lowest BCUT2D eigenvalue weighted by Gasteiger charge is -2.21. The Morgan fingerprint density at radius 2 is 1.81 bits per heavy atom. The van der Waals surface area contributed by atoms with Crippen molar-refractivity contribution >= 4 is 29.6 Å². The Hall–Kier alpha value is -2.08. The zero-order valence-corrected chi connectivity index (χ0v) is 17.2. The van der Waals surface area contributed by atoms with Crippen molar-refractivity contribution in [3.63, 3.8) is 0 Å². The van der Waals surface area contributed by atoms with E-state index in [0.29, 0.717) is 16.8 Å². The molecule has 2 unspecified atom stereocenters. The van der Waals surface area contributed by atoms with Crippen LogP contribution in [0.5, 0.6) is 0 Å². The van der Waals surface area contributed by atoms with Gasteiger partial charge in [0.05, 0.1) is 11.7 Å². The fourth-order valence-electron chi connectivity index (χ4n) is 2.60. The molecule has 5 nitrogen and oxygen atoms in total. The second-order valence-electron chi connectivity index (χ2n) is 6.38. The van der Waals surface area contributed by atoms with Crippen LogP contribution >= 0.6 is 11.3 Å². The van der Waals surface area contributed by atoms with Gasteiger partial charge in [-0.1, -0.05) is 59.8 Å². The molecule has 0 radical (unpaired) electrons. The van der Waals surface area contributed by atoms with Gasteiger partial charge in [-0.05, 0) is 11.8 Å². The predicted octanol–water partition coefficient (Wildman–Crippen LogP) is 4.39. The van der Waals surface area contributed by atoms with E-state index in [1.807, 2.05) is 31.4 Å². The number of allylic oxidation sites excluding steroid dienone is 2. The highest BCUT2D eigenvalue weighted by molar-refractivity contribution is 7.11.